The highest BCUT2D eigenvalue weighted by molar-refractivity contribution is 5.93. The molecule has 0 saturated heterocycles. The van der Waals surface area contributed by atoms with Gasteiger partial charge >= 0.3 is 0 Å². The number of para-hydroxylation sites is 2. The van der Waals surface area contributed by atoms with Gasteiger partial charge in [0.25, 0.3) is 5.91 Å². The zero-order chi connectivity index (χ0) is 30.2. The Morgan fingerprint density at radius 3 is 2.22 bits per heavy atom. The summed E-state index contributed by atoms with van der Waals surface area (Å²) in [5, 5.41) is 16.3. The van der Waals surface area contributed by atoms with Crippen molar-refractivity contribution in [3.63, 3.8) is 0 Å². The van der Waals surface area contributed by atoms with Crippen LogP contribution in [0.15, 0.2) is 66.7 Å². The molecule has 3 N–H and O–H groups in total. The van der Waals surface area contributed by atoms with Gasteiger partial charge in [-0.1, -0.05) is 77.9 Å². The van der Waals surface area contributed by atoms with Crippen LogP contribution in [0.2, 0.25) is 0 Å². The van der Waals surface area contributed by atoms with E-state index in [4.69, 9.17) is 9.47 Å². The number of hydrogen-bond donors (Lipinski definition) is 3. The number of methoxy groups -OCH3 is 1. The molecular weight excluding hydrogens is 516 g/mol. The minimum absolute atomic E-state index is 0.0408. The highest BCUT2D eigenvalue weighted by Gasteiger charge is 2.27. The molecule has 0 aromatic heterocycles. The molecule has 220 valence electrons. The largest absolute Gasteiger partial charge is 0.495 e. The number of rotatable bonds is 13. The third kappa shape index (κ3) is 8.33. The van der Waals surface area contributed by atoms with Gasteiger partial charge in [-0.25, -0.2) is 0 Å². The normalized spacial score (nSPS) is 12.4. The van der Waals surface area contributed by atoms with Gasteiger partial charge in [0, 0.05) is 11.3 Å². The summed E-state index contributed by atoms with van der Waals surface area (Å²) < 4.78 is 11.3. The number of amides is 2. The van der Waals surface area contributed by atoms with Gasteiger partial charge in [-0.15, -0.1) is 0 Å². The molecule has 41 heavy (non-hydrogen) atoms. The predicted molar refractivity (Wildman–Crippen MR) is 165 cm³/mol. The molecule has 3 aromatic rings. The molecule has 2 amide bonds. The second kappa shape index (κ2) is 13.7. The molecule has 0 saturated carbocycles. The van der Waals surface area contributed by atoms with Gasteiger partial charge in [-0.3, -0.25) is 9.59 Å². The van der Waals surface area contributed by atoms with E-state index >= 15 is 0 Å². The lowest BCUT2D eigenvalue weighted by Crippen LogP contribution is -2.24. The van der Waals surface area contributed by atoms with Gasteiger partial charge in [-0.2, -0.15) is 0 Å². The molecule has 1 atom stereocenters. The maximum atomic E-state index is 12.8. The Kier molecular flexibility index (Phi) is 10.6. The second-order valence-electron chi connectivity index (χ2n) is 11.6. The molecule has 0 unspecified atom stereocenters. The maximum Gasteiger partial charge on any atom is 0.262 e. The minimum Gasteiger partial charge on any atom is -0.495 e. The summed E-state index contributed by atoms with van der Waals surface area (Å²) in [6.45, 7) is 13.0. The highest BCUT2D eigenvalue weighted by atomic mass is 16.5. The fraction of sp³-hybridized carbons (Fsp3) is 0.412. The number of ether oxygens (including phenoxy) is 2. The molecule has 0 aliphatic carbocycles. The van der Waals surface area contributed by atoms with E-state index in [-0.39, 0.29) is 35.7 Å². The Bertz CT molecular complexity index is 1350. The molecule has 0 fully saturated rings. The van der Waals surface area contributed by atoms with Crippen molar-refractivity contribution in [2.45, 2.75) is 77.7 Å². The number of nitrogens with one attached hydrogen (secondary N) is 2. The highest BCUT2D eigenvalue weighted by Crippen LogP contribution is 2.38. The lowest BCUT2D eigenvalue weighted by atomic mass is 9.76. The van der Waals surface area contributed by atoms with Crippen LogP contribution in [-0.2, 0) is 20.4 Å². The Morgan fingerprint density at radius 2 is 1.54 bits per heavy atom. The first-order valence-electron chi connectivity index (χ1n) is 14.2. The van der Waals surface area contributed by atoms with E-state index in [1.165, 1.54) is 12.7 Å². The average molecular weight is 561 g/mol. The summed E-state index contributed by atoms with van der Waals surface area (Å²) in [6.07, 6.45) is 0.737. The summed E-state index contributed by atoms with van der Waals surface area (Å²) in [5.41, 5.74) is 3.81. The lowest BCUT2D eigenvalue weighted by molar-refractivity contribution is -0.119. The van der Waals surface area contributed by atoms with Crippen molar-refractivity contribution < 1.29 is 24.2 Å². The molecule has 3 aromatic carbocycles. The molecule has 0 heterocycles. The quantitative estimate of drug-likeness (QED) is 0.206. The monoisotopic (exact) mass is 560 g/mol. The van der Waals surface area contributed by atoms with E-state index in [0.29, 0.717) is 28.4 Å². The Morgan fingerprint density at radius 1 is 0.829 bits per heavy atom. The van der Waals surface area contributed by atoms with Crippen molar-refractivity contribution in [2.75, 3.05) is 24.4 Å². The van der Waals surface area contributed by atoms with Crippen LogP contribution in [0.3, 0.4) is 0 Å². The van der Waals surface area contributed by atoms with Gasteiger partial charge in [0.2, 0.25) is 5.91 Å². The molecule has 0 aliphatic rings. The molecule has 7 heteroatoms. The fourth-order valence-corrected chi connectivity index (χ4v) is 4.41. The first kappa shape index (κ1) is 31.7. The predicted octanol–water partition coefficient (Wildman–Crippen LogP) is 7.15. The third-order valence-electron chi connectivity index (χ3n) is 7.93. The van der Waals surface area contributed by atoms with Crippen LogP contribution in [0.1, 0.15) is 83.6 Å². The molecular formula is C34H44N2O5. The first-order valence-corrected chi connectivity index (χ1v) is 14.2. The van der Waals surface area contributed by atoms with E-state index < -0.39 is 6.10 Å². The number of carbonyl (C=O) groups is 2. The standard InChI is InChI=1S/C34H44N2O5/c1-8-33(3,4)24-17-18-29(26(20-24)34(5,6)9-2)41-22-32(39)35-25-14-12-13-23(19-25)28(37)21-31(38)36-27-15-10-11-16-30(27)40-7/h10-20,28,37H,8-9,21-22H2,1-7H3,(H,35,39)(H,36,38)/t28-/m0/s1. The number of benzene rings is 3. The molecule has 7 nitrogen and oxygen atoms in total. The van der Waals surface area contributed by atoms with Crippen molar-refractivity contribution >= 4 is 23.2 Å². The SMILES string of the molecule is CCC(C)(C)c1ccc(OCC(=O)Nc2cccc([C@@H](O)CC(=O)Nc3ccccc3OC)c2)c(C(C)(C)CC)c1. The van der Waals surface area contributed by atoms with E-state index in [1.807, 2.05) is 12.1 Å². The lowest BCUT2D eigenvalue weighted by Gasteiger charge is -2.30. The Labute approximate surface area is 244 Å². The minimum atomic E-state index is -1.05. The third-order valence-corrected chi connectivity index (χ3v) is 7.93. The Hall–Kier alpha value is -3.84. The van der Waals surface area contributed by atoms with Gasteiger partial charge in [-0.05, 0) is 65.1 Å². The van der Waals surface area contributed by atoms with E-state index in [9.17, 15) is 14.7 Å². The summed E-state index contributed by atoms with van der Waals surface area (Å²) in [4.78, 5) is 25.4. The number of aliphatic hydroxyl groups excluding tert-OH is 1. The summed E-state index contributed by atoms with van der Waals surface area (Å²) >= 11 is 0. The van der Waals surface area contributed by atoms with Crippen molar-refractivity contribution in [1.82, 2.24) is 0 Å². The smallest absolute Gasteiger partial charge is 0.262 e. The van der Waals surface area contributed by atoms with Crippen molar-refractivity contribution in [2.24, 2.45) is 0 Å². The van der Waals surface area contributed by atoms with E-state index in [1.54, 1.807) is 42.5 Å². The van der Waals surface area contributed by atoms with Crippen LogP contribution in [0, 0.1) is 0 Å². The fourth-order valence-electron chi connectivity index (χ4n) is 4.41. The topological polar surface area (TPSA) is 96.9 Å². The molecule has 0 spiro atoms. The molecule has 3 rings (SSSR count). The van der Waals surface area contributed by atoms with Crippen molar-refractivity contribution in [1.29, 1.82) is 0 Å². The number of carbonyl (C=O) groups excluding carboxylic acids is 2. The summed E-state index contributed by atoms with van der Waals surface area (Å²) in [5.74, 6) is 0.564. The van der Waals surface area contributed by atoms with Crippen molar-refractivity contribution in [3.8, 4) is 11.5 Å². The average Bonchev–Trinajstić information content (AvgIpc) is 2.96. The van der Waals surface area contributed by atoms with Crippen LogP contribution in [-0.4, -0.2) is 30.6 Å². The van der Waals surface area contributed by atoms with E-state index in [2.05, 4.69) is 64.3 Å². The van der Waals surface area contributed by atoms with Crippen molar-refractivity contribution in [3.05, 3.63) is 83.4 Å². The van der Waals surface area contributed by atoms with Gasteiger partial charge in [0.15, 0.2) is 6.61 Å². The van der Waals surface area contributed by atoms with Crippen LogP contribution >= 0.6 is 0 Å². The van der Waals surface area contributed by atoms with Crippen LogP contribution < -0.4 is 20.1 Å². The molecule has 0 radical (unpaired) electrons. The van der Waals surface area contributed by atoms with E-state index in [0.717, 1.165) is 18.4 Å². The first-order chi connectivity index (χ1) is 19.4. The second-order valence-corrected chi connectivity index (χ2v) is 11.6. The Balaban J connectivity index is 1.65. The summed E-state index contributed by atoms with van der Waals surface area (Å²) in [6, 6.07) is 20.2. The summed E-state index contributed by atoms with van der Waals surface area (Å²) in [7, 11) is 1.53. The van der Waals surface area contributed by atoms with Gasteiger partial charge in [0.05, 0.1) is 25.3 Å². The van der Waals surface area contributed by atoms with Crippen LogP contribution in [0.25, 0.3) is 0 Å². The van der Waals surface area contributed by atoms with Gasteiger partial charge < -0.3 is 25.2 Å². The van der Waals surface area contributed by atoms with Crippen LogP contribution in [0.5, 0.6) is 11.5 Å². The van der Waals surface area contributed by atoms with Gasteiger partial charge in [0.1, 0.15) is 11.5 Å². The number of hydrogen-bond acceptors (Lipinski definition) is 5. The molecule has 0 bridgehead atoms. The number of aliphatic hydroxyl groups is 1. The molecule has 0 aliphatic heterocycles. The number of anilines is 2. The maximum absolute atomic E-state index is 12.8. The zero-order valence-electron chi connectivity index (χ0n) is 25.3. The zero-order valence-corrected chi connectivity index (χ0v) is 25.3. The van der Waals surface area contributed by atoms with Crippen LogP contribution in [0.4, 0.5) is 11.4 Å².